The molecule has 1 aromatic heterocycles. The maximum Gasteiger partial charge on any atom is 0.251 e. The van der Waals surface area contributed by atoms with E-state index in [-0.39, 0.29) is 24.3 Å². The number of carbonyl (C=O) groups is 2. The van der Waals surface area contributed by atoms with Gasteiger partial charge in [-0.15, -0.1) is 0 Å². The molecule has 1 aromatic carbocycles. The number of hydrogen-bond acceptors (Lipinski definition) is 6. The fourth-order valence-electron chi connectivity index (χ4n) is 3.00. The monoisotopic (exact) mass is 387 g/mol. The van der Waals surface area contributed by atoms with Gasteiger partial charge in [0.25, 0.3) is 5.91 Å². The molecule has 2 aromatic rings. The largest absolute Gasteiger partial charge is 0.489 e. The van der Waals surface area contributed by atoms with Gasteiger partial charge in [0.1, 0.15) is 12.4 Å². The lowest BCUT2D eigenvalue weighted by Gasteiger charge is -2.35. The number of ether oxygens (including phenoxy) is 2. The predicted octanol–water partition coefficient (Wildman–Crippen LogP) is 1.56. The third kappa shape index (κ3) is 4.83. The molecule has 8 heteroatoms. The van der Waals surface area contributed by atoms with E-state index < -0.39 is 0 Å². The lowest BCUT2D eigenvalue weighted by molar-refractivity contribution is -0.121. The van der Waals surface area contributed by atoms with Crippen LogP contribution in [0, 0.1) is 0 Å². The summed E-state index contributed by atoms with van der Waals surface area (Å²) in [5.74, 6) is 0.456. The van der Waals surface area contributed by atoms with Gasteiger partial charge in [-0.1, -0.05) is 0 Å². The average Bonchev–Trinajstić information content (AvgIpc) is 3.22. The van der Waals surface area contributed by atoms with Gasteiger partial charge in [-0.25, -0.2) is 0 Å². The molecule has 0 saturated carbocycles. The number of amides is 2. The molecule has 2 amide bonds. The smallest absolute Gasteiger partial charge is 0.251 e. The molecule has 8 nitrogen and oxygen atoms in total. The first kappa shape index (κ1) is 19.8. The second-order valence-electron chi connectivity index (χ2n) is 6.62. The van der Waals surface area contributed by atoms with Crippen LogP contribution in [0.25, 0.3) is 0 Å². The van der Waals surface area contributed by atoms with E-state index >= 15 is 0 Å². The molecule has 1 aliphatic heterocycles. The van der Waals surface area contributed by atoms with Crippen molar-refractivity contribution in [1.29, 1.82) is 0 Å². The van der Waals surface area contributed by atoms with Crippen LogP contribution in [0.5, 0.6) is 5.75 Å². The molecule has 2 N–H and O–H groups in total. The third-order valence-electron chi connectivity index (χ3n) is 4.66. The summed E-state index contributed by atoms with van der Waals surface area (Å²) >= 11 is 0. The molecular weight excluding hydrogens is 362 g/mol. The van der Waals surface area contributed by atoms with Crippen LogP contribution < -0.4 is 20.3 Å². The van der Waals surface area contributed by atoms with Gasteiger partial charge in [-0.05, 0) is 24.3 Å². The van der Waals surface area contributed by atoms with E-state index in [0.29, 0.717) is 37.6 Å². The predicted molar refractivity (Wildman–Crippen MR) is 104 cm³/mol. The van der Waals surface area contributed by atoms with Crippen molar-refractivity contribution in [1.82, 2.24) is 10.6 Å². The Morgan fingerprint density at radius 2 is 2.14 bits per heavy atom. The Morgan fingerprint density at radius 1 is 1.29 bits per heavy atom. The lowest BCUT2D eigenvalue weighted by Crippen LogP contribution is -2.43. The minimum absolute atomic E-state index is 0.0708. The van der Waals surface area contributed by atoms with Crippen molar-refractivity contribution in [2.24, 2.45) is 0 Å². The number of nitrogens with one attached hydrogen (secondary N) is 2. The van der Waals surface area contributed by atoms with E-state index in [2.05, 4.69) is 10.6 Å². The van der Waals surface area contributed by atoms with Gasteiger partial charge in [0.15, 0.2) is 0 Å². The molecule has 2 heterocycles. The van der Waals surface area contributed by atoms with Crippen molar-refractivity contribution in [2.75, 3.05) is 38.8 Å². The molecule has 150 valence electrons. The summed E-state index contributed by atoms with van der Waals surface area (Å²) < 4.78 is 15.7. The van der Waals surface area contributed by atoms with Crippen molar-refractivity contribution >= 4 is 17.5 Å². The number of fused-ring (bicyclic) bond motifs is 1. The van der Waals surface area contributed by atoms with E-state index in [1.807, 2.05) is 18.0 Å². The summed E-state index contributed by atoms with van der Waals surface area (Å²) in [6, 6.07) is 6.99. The maximum atomic E-state index is 12.3. The van der Waals surface area contributed by atoms with E-state index in [0.717, 1.165) is 11.3 Å². The molecule has 0 spiro atoms. The van der Waals surface area contributed by atoms with Gasteiger partial charge < -0.3 is 29.4 Å². The Labute approximate surface area is 163 Å². The zero-order valence-corrected chi connectivity index (χ0v) is 16.1. The molecule has 1 atom stereocenters. The van der Waals surface area contributed by atoms with Crippen LogP contribution in [0.3, 0.4) is 0 Å². The van der Waals surface area contributed by atoms with Crippen LogP contribution in [0.4, 0.5) is 5.69 Å². The second kappa shape index (κ2) is 9.27. The number of hydrogen-bond donors (Lipinski definition) is 2. The first-order chi connectivity index (χ1) is 13.6. The quantitative estimate of drug-likeness (QED) is 0.668. The summed E-state index contributed by atoms with van der Waals surface area (Å²) in [7, 11) is 3.49. The Morgan fingerprint density at radius 3 is 2.89 bits per heavy atom. The van der Waals surface area contributed by atoms with Crippen LogP contribution in [0.2, 0.25) is 0 Å². The minimum atomic E-state index is -0.173. The molecule has 28 heavy (non-hydrogen) atoms. The van der Waals surface area contributed by atoms with Gasteiger partial charge in [0, 0.05) is 38.4 Å². The van der Waals surface area contributed by atoms with Crippen LogP contribution in [-0.2, 0) is 16.1 Å². The first-order valence-corrected chi connectivity index (χ1v) is 9.13. The zero-order valence-electron chi connectivity index (χ0n) is 16.1. The molecule has 0 fully saturated rings. The highest BCUT2D eigenvalue weighted by Gasteiger charge is 2.27. The summed E-state index contributed by atoms with van der Waals surface area (Å²) in [6.07, 6.45) is 3.47. The van der Waals surface area contributed by atoms with E-state index in [1.54, 1.807) is 37.8 Å². The summed E-state index contributed by atoms with van der Waals surface area (Å²) in [5, 5.41) is 5.68. The number of furan rings is 1. The number of anilines is 1. The second-order valence-corrected chi connectivity index (χ2v) is 6.62. The highest BCUT2D eigenvalue weighted by atomic mass is 16.5. The fourth-order valence-corrected chi connectivity index (χ4v) is 3.00. The average molecular weight is 387 g/mol. The molecule has 0 bridgehead atoms. The van der Waals surface area contributed by atoms with Crippen molar-refractivity contribution < 1.29 is 23.5 Å². The van der Waals surface area contributed by atoms with E-state index in [9.17, 15) is 9.59 Å². The molecule has 3 rings (SSSR count). The first-order valence-electron chi connectivity index (χ1n) is 9.13. The van der Waals surface area contributed by atoms with Crippen molar-refractivity contribution in [3.63, 3.8) is 0 Å². The Balaban J connectivity index is 1.60. The Kier molecular flexibility index (Phi) is 6.54. The standard InChI is InChI=1S/C20H25N3O5/c1-23-16(10-19(24)22-11-14-5-7-27-12-14)13-28-18-4-3-15(9-17(18)23)20(25)21-6-8-26-2/h3-5,7,9,12,16H,6,8,10-11,13H2,1-2H3,(H,21,25)(H,22,24). The van der Waals surface area contributed by atoms with Crippen LogP contribution in [0.15, 0.2) is 41.2 Å². The molecule has 0 saturated heterocycles. The lowest BCUT2D eigenvalue weighted by atomic mass is 10.1. The van der Waals surface area contributed by atoms with Gasteiger partial charge in [-0.3, -0.25) is 9.59 Å². The van der Waals surface area contributed by atoms with Gasteiger partial charge >= 0.3 is 0 Å². The highest BCUT2D eigenvalue weighted by molar-refractivity contribution is 5.95. The van der Waals surface area contributed by atoms with Crippen LogP contribution in [-0.4, -0.2) is 51.8 Å². The third-order valence-corrected chi connectivity index (χ3v) is 4.66. The molecule has 1 aliphatic rings. The van der Waals surface area contributed by atoms with Crippen LogP contribution in [0.1, 0.15) is 22.3 Å². The van der Waals surface area contributed by atoms with Gasteiger partial charge in [0.2, 0.25) is 5.91 Å². The summed E-state index contributed by atoms with van der Waals surface area (Å²) in [5.41, 5.74) is 2.24. The number of carbonyl (C=O) groups excluding carboxylic acids is 2. The fraction of sp³-hybridized carbons (Fsp3) is 0.400. The van der Waals surface area contributed by atoms with Gasteiger partial charge in [-0.2, -0.15) is 0 Å². The molecule has 0 aliphatic carbocycles. The summed E-state index contributed by atoms with van der Waals surface area (Å²) in [6.45, 7) is 1.73. The van der Waals surface area contributed by atoms with Crippen molar-refractivity contribution in [3.05, 3.63) is 47.9 Å². The number of benzene rings is 1. The zero-order chi connectivity index (χ0) is 19.9. The summed E-state index contributed by atoms with van der Waals surface area (Å²) in [4.78, 5) is 26.5. The molecule has 1 unspecified atom stereocenters. The normalized spacial score (nSPS) is 15.5. The Bertz CT molecular complexity index is 806. The number of likely N-dealkylation sites (N-methyl/N-ethyl adjacent to an activating group) is 1. The van der Waals surface area contributed by atoms with Crippen LogP contribution >= 0.6 is 0 Å². The topological polar surface area (TPSA) is 93.0 Å². The maximum absolute atomic E-state index is 12.3. The molecular formula is C20H25N3O5. The van der Waals surface area contributed by atoms with Gasteiger partial charge in [0.05, 0.1) is 37.3 Å². The van der Waals surface area contributed by atoms with E-state index in [1.165, 1.54) is 0 Å². The van der Waals surface area contributed by atoms with Crippen molar-refractivity contribution in [3.8, 4) is 5.75 Å². The molecule has 0 radical (unpaired) electrons. The minimum Gasteiger partial charge on any atom is -0.489 e. The number of nitrogens with zero attached hydrogens (tertiary/aromatic N) is 1. The highest BCUT2D eigenvalue weighted by Crippen LogP contribution is 2.34. The number of methoxy groups -OCH3 is 1. The Hall–Kier alpha value is -3.00. The number of rotatable bonds is 8. The van der Waals surface area contributed by atoms with E-state index in [4.69, 9.17) is 13.9 Å². The SMILES string of the molecule is COCCNC(=O)c1ccc2c(c1)N(C)C(CC(=O)NCc1ccoc1)CO2. The van der Waals surface area contributed by atoms with Crippen molar-refractivity contribution in [2.45, 2.75) is 19.0 Å².